The molecule has 1 saturated heterocycles. The van der Waals surface area contributed by atoms with E-state index in [2.05, 4.69) is 0 Å². The third-order valence-corrected chi connectivity index (χ3v) is 5.47. The topological polar surface area (TPSA) is 57.2 Å². The van der Waals surface area contributed by atoms with Gasteiger partial charge in [0.25, 0.3) is 0 Å². The number of benzene rings is 1. The van der Waals surface area contributed by atoms with Crippen molar-refractivity contribution in [1.82, 2.24) is 0 Å². The van der Waals surface area contributed by atoms with Crippen LogP contribution in [0.2, 0.25) is 5.02 Å². The van der Waals surface area contributed by atoms with Gasteiger partial charge in [0.15, 0.2) is 5.78 Å². The average molecular weight is 326 g/mol. The Morgan fingerprint density at radius 1 is 1.15 bits per heavy atom. The minimum Gasteiger partial charge on any atom is -0.545 e. The maximum Gasteiger partial charge on any atom is 0.189 e. The second-order valence-electron chi connectivity index (χ2n) is 3.90. The maximum atomic E-state index is 12.0. The number of thioether (sulfide) groups is 2. The summed E-state index contributed by atoms with van der Waals surface area (Å²) in [6.07, 6.45) is 2.81. The van der Waals surface area contributed by atoms with Gasteiger partial charge in [0.1, 0.15) is 0 Å². The Hall–Kier alpha value is -1.17. The van der Waals surface area contributed by atoms with Gasteiger partial charge in [-0.3, -0.25) is 4.79 Å². The van der Waals surface area contributed by atoms with Crippen LogP contribution in [0.1, 0.15) is 5.56 Å². The van der Waals surface area contributed by atoms with Crippen molar-refractivity contribution in [3.8, 4) is 0 Å². The second-order valence-corrected chi connectivity index (χ2v) is 6.80. The van der Waals surface area contributed by atoms with E-state index in [9.17, 15) is 14.7 Å². The van der Waals surface area contributed by atoms with Gasteiger partial charge in [0, 0.05) is 16.5 Å². The number of carbonyl (C=O) groups is 2. The van der Waals surface area contributed by atoms with Gasteiger partial charge in [-0.1, -0.05) is 29.8 Å². The summed E-state index contributed by atoms with van der Waals surface area (Å²) in [7, 11) is 0. The smallest absolute Gasteiger partial charge is 0.189 e. The first-order valence-electron chi connectivity index (χ1n) is 5.77. The Bertz CT molecular complexity index is 583. The van der Waals surface area contributed by atoms with Crippen molar-refractivity contribution in [2.24, 2.45) is 0 Å². The number of hydrogen-bond acceptors (Lipinski definition) is 5. The van der Waals surface area contributed by atoms with Crippen molar-refractivity contribution in [3.63, 3.8) is 0 Å². The normalized spacial score (nSPS) is 14.8. The zero-order valence-corrected chi connectivity index (χ0v) is 12.7. The molecule has 20 heavy (non-hydrogen) atoms. The molecular formula is C14H10ClO3S2-. The summed E-state index contributed by atoms with van der Waals surface area (Å²) >= 11 is 8.52. The van der Waals surface area contributed by atoms with E-state index in [-0.39, 0.29) is 5.57 Å². The Labute approximate surface area is 130 Å². The number of hydrogen-bond donors (Lipinski definition) is 0. The molecule has 6 heteroatoms. The van der Waals surface area contributed by atoms with Crippen LogP contribution >= 0.6 is 35.1 Å². The molecule has 1 aliphatic heterocycles. The molecule has 0 bridgehead atoms. The van der Waals surface area contributed by atoms with Crippen LogP contribution in [-0.2, 0) is 9.59 Å². The Balaban J connectivity index is 2.19. The van der Waals surface area contributed by atoms with Gasteiger partial charge in [-0.2, -0.15) is 0 Å². The Morgan fingerprint density at radius 2 is 1.75 bits per heavy atom. The highest BCUT2D eigenvalue weighted by Crippen LogP contribution is 2.38. The maximum absolute atomic E-state index is 12.0. The molecule has 104 valence electrons. The van der Waals surface area contributed by atoms with Crippen LogP contribution in [0.15, 0.2) is 40.2 Å². The predicted molar refractivity (Wildman–Crippen MR) is 82.4 cm³/mol. The number of carboxylic acids is 1. The summed E-state index contributed by atoms with van der Waals surface area (Å²) in [5, 5.41) is 11.7. The number of allylic oxidation sites excluding steroid dienone is 1. The van der Waals surface area contributed by atoms with Gasteiger partial charge in [-0.25, -0.2) is 0 Å². The van der Waals surface area contributed by atoms with Gasteiger partial charge >= 0.3 is 0 Å². The SMILES string of the molecule is O=C([O-])C(C(=O)/C=C/c1ccc(Cl)cc1)=C1SCCS1. The van der Waals surface area contributed by atoms with Crippen molar-refractivity contribution in [2.45, 2.75) is 0 Å². The molecule has 0 saturated carbocycles. The molecule has 0 aliphatic carbocycles. The highest BCUT2D eigenvalue weighted by atomic mass is 35.5. The van der Waals surface area contributed by atoms with E-state index >= 15 is 0 Å². The summed E-state index contributed by atoms with van der Waals surface area (Å²) in [5.74, 6) is -0.347. The molecule has 1 fully saturated rings. The van der Waals surface area contributed by atoms with E-state index < -0.39 is 11.8 Å². The molecule has 0 unspecified atom stereocenters. The molecule has 3 nitrogen and oxygen atoms in total. The minimum atomic E-state index is -1.42. The van der Waals surface area contributed by atoms with Crippen molar-refractivity contribution in [3.05, 3.63) is 50.7 Å². The molecule has 0 atom stereocenters. The van der Waals surface area contributed by atoms with Gasteiger partial charge in [0.05, 0.1) is 15.8 Å². The lowest BCUT2D eigenvalue weighted by molar-refractivity contribution is -0.298. The predicted octanol–water partition coefficient (Wildman–Crippen LogP) is 2.36. The Morgan fingerprint density at radius 3 is 2.30 bits per heavy atom. The first-order valence-corrected chi connectivity index (χ1v) is 8.12. The van der Waals surface area contributed by atoms with Crippen LogP contribution < -0.4 is 5.11 Å². The fourth-order valence-electron chi connectivity index (χ4n) is 1.57. The Kier molecular flexibility index (Phi) is 5.34. The number of rotatable bonds is 4. The van der Waals surface area contributed by atoms with Gasteiger partial charge < -0.3 is 9.90 Å². The molecular weight excluding hydrogens is 316 g/mol. The molecule has 0 spiro atoms. The minimum absolute atomic E-state index is 0.247. The van der Waals surface area contributed by atoms with Crippen molar-refractivity contribution >= 4 is 53.0 Å². The number of aliphatic carboxylic acids is 1. The lowest BCUT2D eigenvalue weighted by Gasteiger charge is -2.07. The molecule has 1 heterocycles. The van der Waals surface area contributed by atoms with Crippen molar-refractivity contribution < 1.29 is 14.7 Å². The lowest BCUT2D eigenvalue weighted by Crippen LogP contribution is -2.28. The summed E-state index contributed by atoms with van der Waals surface area (Å²) < 4.78 is 0.538. The lowest BCUT2D eigenvalue weighted by atomic mass is 10.1. The molecule has 2 rings (SSSR count). The number of carbonyl (C=O) groups excluding carboxylic acids is 2. The van der Waals surface area contributed by atoms with Crippen LogP contribution in [-0.4, -0.2) is 23.3 Å². The molecule has 0 aromatic heterocycles. The zero-order chi connectivity index (χ0) is 14.5. The highest BCUT2D eigenvalue weighted by Gasteiger charge is 2.19. The molecule has 0 N–H and O–H groups in total. The first-order chi connectivity index (χ1) is 9.58. The van der Waals surface area contributed by atoms with Crippen LogP contribution in [0.25, 0.3) is 6.08 Å². The van der Waals surface area contributed by atoms with Crippen molar-refractivity contribution in [1.29, 1.82) is 0 Å². The molecule has 1 aromatic carbocycles. The summed E-state index contributed by atoms with van der Waals surface area (Å²) in [5.41, 5.74) is 0.528. The second kappa shape index (κ2) is 7.02. The first kappa shape index (κ1) is 15.2. The van der Waals surface area contributed by atoms with E-state index in [4.69, 9.17) is 11.6 Å². The number of halogens is 1. The standard InChI is InChI=1S/C14H11ClO3S2/c15-10-4-1-9(2-5-10)3-6-11(16)12(13(17)18)14-19-7-8-20-14/h1-6H,7-8H2,(H,17,18)/p-1/b6-3+. The highest BCUT2D eigenvalue weighted by molar-refractivity contribution is 8.25. The summed E-state index contributed by atoms with van der Waals surface area (Å²) in [6.45, 7) is 0. The van der Waals surface area contributed by atoms with Crippen LogP contribution in [0.3, 0.4) is 0 Å². The van der Waals surface area contributed by atoms with Crippen LogP contribution in [0.5, 0.6) is 0 Å². The van der Waals surface area contributed by atoms with E-state index in [1.165, 1.54) is 29.6 Å². The fraction of sp³-hybridized carbons (Fsp3) is 0.143. The van der Waals surface area contributed by atoms with E-state index in [0.29, 0.717) is 9.26 Å². The average Bonchev–Trinajstić information content (AvgIpc) is 2.91. The zero-order valence-electron chi connectivity index (χ0n) is 10.3. The van der Waals surface area contributed by atoms with Crippen LogP contribution in [0.4, 0.5) is 0 Å². The molecule has 0 amide bonds. The van der Waals surface area contributed by atoms with Gasteiger partial charge in [0.2, 0.25) is 0 Å². The molecule has 0 radical (unpaired) electrons. The fourth-order valence-corrected chi connectivity index (χ4v) is 4.22. The van der Waals surface area contributed by atoms with Gasteiger partial charge in [-0.15, -0.1) is 23.5 Å². The van der Waals surface area contributed by atoms with E-state index in [1.807, 2.05) is 0 Å². The largest absolute Gasteiger partial charge is 0.545 e. The third kappa shape index (κ3) is 3.91. The third-order valence-electron chi connectivity index (χ3n) is 2.50. The quantitative estimate of drug-likeness (QED) is 0.483. The van der Waals surface area contributed by atoms with Crippen molar-refractivity contribution in [2.75, 3.05) is 11.5 Å². The number of ketones is 1. The van der Waals surface area contributed by atoms with Crippen LogP contribution in [0, 0.1) is 0 Å². The monoisotopic (exact) mass is 325 g/mol. The van der Waals surface area contributed by atoms with E-state index in [1.54, 1.807) is 30.3 Å². The molecule has 1 aliphatic rings. The van der Waals surface area contributed by atoms with E-state index in [0.717, 1.165) is 17.1 Å². The summed E-state index contributed by atoms with van der Waals surface area (Å²) in [4.78, 5) is 23.1. The molecule has 1 aromatic rings. The summed E-state index contributed by atoms with van der Waals surface area (Å²) in [6, 6.07) is 6.90. The number of carboxylic acid groups (broad SMARTS) is 1. The van der Waals surface area contributed by atoms with Gasteiger partial charge in [-0.05, 0) is 23.8 Å².